The van der Waals surface area contributed by atoms with Crippen LogP contribution in [0.5, 0.6) is 0 Å². The largest absolute Gasteiger partial charge is 0.467 e. The Labute approximate surface area is 239 Å². The highest BCUT2D eigenvalue weighted by molar-refractivity contribution is 6.01. The van der Waals surface area contributed by atoms with Crippen LogP contribution >= 0.6 is 0 Å². The fourth-order valence-electron chi connectivity index (χ4n) is 5.04. The Morgan fingerprint density at radius 1 is 0.800 bits per heavy atom. The van der Waals surface area contributed by atoms with Gasteiger partial charge in [0, 0.05) is 17.7 Å². The minimum atomic E-state index is -1.01. The first-order valence-electron chi connectivity index (χ1n) is 13.8. The van der Waals surface area contributed by atoms with Gasteiger partial charge in [-0.05, 0) is 119 Å². The Morgan fingerprint density at radius 2 is 1.32 bits per heavy atom. The molecule has 0 saturated heterocycles. The summed E-state index contributed by atoms with van der Waals surface area (Å²) in [6.45, 7) is 20.4. The molecular formula is C34H44N2O4. The van der Waals surface area contributed by atoms with Gasteiger partial charge in [0.1, 0.15) is 0 Å². The number of esters is 1. The van der Waals surface area contributed by atoms with Crippen molar-refractivity contribution in [2.24, 2.45) is 0 Å². The third-order valence-electron chi connectivity index (χ3n) is 7.36. The SMILES string of the molecule is CCNC(=O)Nc1c(C)c(C(OC(C)(C)C)C(=O)OC)c(-c2ccc(C)c(C)c2)c(C)c1-c1ccc(C)c(C)c1. The molecule has 0 fully saturated rings. The van der Waals surface area contributed by atoms with Crippen LogP contribution in [0.25, 0.3) is 22.3 Å². The molecule has 1 atom stereocenters. The lowest BCUT2D eigenvalue weighted by Gasteiger charge is -2.32. The Kier molecular flexibility index (Phi) is 9.47. The number of amides is 2. The van der Waals surface area contributed by atoms with Crippen LogP contribution in [0.3, 0.4) is 0 Å². The normalized spacial score (nSPS) is 12.2. The van der Waals surface area contributed by atoms with Gasteiger partial charge in [0.15, 0.2) is 6.10 Å². The molecule has 1 unspecified atom stereocenters. The number of rotatable bonds is 7. The molecule has 3 aromatic carbocycles. The number of nitrogens with one attached hydrogen (secondary N) is 2. The molecule has 0 aliphatic rings. The maximum atomic E-state index is 13.4. The van der Waals surface area contributed by atoms with Crippen LogP contribution in [0.1, 0.15) is 72.7 Å². The minimum absolute atomic E-state index is 0.314. The van der Waals surface area contributed by atoms with E-state index in [9.17, 15) is 9.59 Å². The molecular weight excluding hydrogens is 500 g/mol. The van der Waals surface area contributed by atoms with E-state index in [2.05, 4.69) is 74.7 Å². The monoisotopic (exact) mass is 544 g/mol. The van der Waals surface area contributed by atoms with E-state index in [1.54, 1.807) is 0 Å². The summed E-state index contributed by atoms with van der Waals surface area (Å²) in [4.78, 5) is 26.4. The van der Waals surface area contributed by atoms with Gasteiger partial charge in [-0.15, -0.1) is 0 Å². The van der Waals surface area contributed by atoms with Gasteiger partial charge in [-0.3, -0.25) is 0 Å². The van der Waals surface area contributed by atoms with E-state index in [-0.39, 0.29) is 6.03 Å². The van der Waals surface area contributed by atoms with Crippen molar-refractivity contribution in [2.45, 2.75) is 80.9 Å². The number of anilines is 1. The molecule has 0 spiro atoms. The maximum Gasteiger partial charge on any atom is 0.339 e. The highest BCUT2D eigenvalue weighted by atomic mass is 16.6. The lowest BCUT2D eigenvalue weighted by Crippen LogP contribution is -2.31. The van der Waals surface area contributed by atoms with Crippen molar-refractivity contribution >= 4 is 17.7 Å². The van der Waals surface area contributed by atoms with Gasteiger partial charge in [-0.2, -0.15) is 0 Å². The molecule has 0 bridgehead atoms. The van der Waals surface area contributed by atoms with Crippen molar-refractivity contribution in [1.82, 2.24) is 5.32 Å². The highest BCUT2D eigenvalue weighted by Crippen LogP contribution is 2.47. The molecule has 0 aliphatic heterocycles. The Bertz CT molecular complexity index is 1430. The first-order valence-corrected chi connectivity index (χ1v) is 13.8. The second-order valence-electron chi connectivity index (χ2n) is 11.5. The molecule has 0 radical (unpaired) electrons. The minimum Gasteiger partial charge on any atom is -0.467 e. The topological polar surface area (TPSA) is 76.7 Å². The lowest BCUT2D eigenvalue weighted by atomic mass is 9.81. The van der Waals surface area contributed by atoms with E-state index in [1.165, 1.54) is 18.2 Å². The molecule has 40 heavy (non-hydrogen) atoms. The van der Waals surface area contributed by atoms with E-state index in [4.69, 9.17) is 9.47 Å². The molecule has 0 aromatic heterocycles. The van der Waals surface area contributed by atoms with Crippen LogP contribution in [-0.4, -0.2) is 31.3 Å². The fourth-order valence-corrected chi connectivity index (χ4v) is 5.04. The summed E-state index contributed by atoms with van der Waals surface area (Å²) in [5.74, 6) is -0.495. The molecule has 6 nitrogen and oxygen atoms in total. The lowest BCUT2D eigenvalue weighted by molar-refractivity contribution is -0.164. The van der Waals surface area contributed by atoms with Crippen molar-refractivity contribution in [2.75, 3.05) is 19.0 Å². The molecule has 2 amide bonds. The molecule has 0 saturated carbocycles. The quantitative estimate of drug-likeness (QED) is 0.295. The Hall–Kier alpha value is -3.64. The van der Waals surface area contributed by atoms with Crippen LogP contribution in [0.4, 0.5) is 10.5 Å². The predicted octanol–water partition coefficient (Wildman–Crippen LogP) is 8.04. The summed E-state index contributed by atoms with van der Waals surface area (Å²) in [7, 11) is 1.37. The van der Waals surface area contributed by atoms with E-state index in [1.807, 2.05) is 41.5 Å². The van der Waals surface area contributed by atoms with Crippen LogP contribution in [-0.2, 0) is 14.3 Å². The van der Waals surface area contributed by atoms with Crippen LogP contribution in [0.15, 0.2) is 36.4 Å². The van der Waals surface area contributed by atoms with Crippen LogP contribution in [0, 0.1) is 41.5 Å². The number of benzene rings is 3. The van der Waals surface area contributed by atoms with Crippen molar-refractivity contribution in [3.05, 3.63) is 75.3 Å². The third kappa shape index (κ3) is 6.56. The zero-order valence-corrected chi connectivity index (χ0v) is 25.9. The maximum absolute atomic E-state index is 13.4. The van der Waals surface area contributed by atoms with Crippen molar-refractivity contribution in [3.8, 4) is 22.3 Å². The Balaban J connectivity index is 2.56. The van der Waals surface area contributed by atoms with Crippen molar-refractivity contribution < 1.29 is 19.1 Å². The molecule has 0 aliphatic carbocycles. The Morgan fingerprint density at radius 3 is 1.77 bits per heavy atom. The molecule has 3 rings (SSSR count). The smallest absolute Gasteiger partial charge is 0.339 e. The number of carbonyl (C=O) groups is 2. The van der Waals surface area contributed by atoms with Gasteiger partial charge >= 0.3 is 12.0 Å². The first-order chi connectivity index (χ1) is 18.7. The van der Waals surface area contributed by atoms with E-state index < -0.39 is 17.7 Å². The molecule has 2 N–H and O–H groups in total. The second-order valence-corrected chi connectivity index (χ2v) is 11.5. The second kappa shape index (κ2) is 12.3. The van der Waals surface area contributed by atoms with Gasteiger partial charge in [0.2, 0.25) is 0 Å². The molecule has 214 valence electrons. The van der Waals surface area contributed by atoms with Gasteiger partial charge in [-0.25, -0.2) is 9.59 Å². The molecule has 0 heterocycles. The standard InChI is InChI=1S/C34H44N2O4/c1-12-35-33(38)36-30-24(7)29(31(32(37)39-11)40-34(8,9)10)27(25-15-13-19(2)21(4)17-25)23(6)28(30)26-16-14-20(3)22(5)18-26/h13-18,31H,12H2,1-11H3,(H2,35,36,38). The average Bonchev–Trinajstić information content (AvgIpc) is 2.87. The summed E-state index contributed by atoms with van der Waals surface area (Å²) >= 11 is 0. The number of ether oxygens (including phenoxy) is 2. The van der Waals surface area contributed by atoms with Gasteiger partial charge in [0.05, 0.1) is 18.4 Å². The van der Waals surface area contributed by atoms with Crippen LogP contribution in [0.2, 0.25) is 0 Å². The summed E-state index contributed by atoms with van der Waals surface area (Å²) in [5, 5.41) is 5.96. The number of carbonyl (C=O) groups excluding carboxylic acids is 2. The fraction of sp³-hybridized carbons (Fsp3) is 0.412. The third-order valence-corrected chi connectivity index (χ3v) is 7.36. The van der Waals surface area contributed by atoms with E-state index in [0.29, 0.717) is 17.8 Å². The number of hydrogen-bond donors (Lipinski definition) is 2. The summed E-state index contributed by atoms with van der Waals surface area (Å²) in [5.41, 5.74) is 10.8. The predicted molar refractivity (Wildman–Crippen MR) is 164 cm³/mol. The zero-order chi connectivity index (χ0) is 29.9. The van der Waals surface area contributed by atoms with Gasteiger partial charge in [0.25, 0.3) is 0 Å². The van der Waals surface area contributed by atoms with Crippen molar-refractivity contribution in [3.63, 3.8) is 0 Å². The first kappa shape index (κ1) is 30.9. The van der Waals surface area contributed by atoms with Crippen molar-refractivity contribution in [1.29, 1.82) is 0 Å². The van der Waals surface area contributed by atoms with Gasteiger partial charge in [-0.1, -0.05) is 36.4 Å². The molecule has 3 aromatic rings. The highest BCUT2D eigenvalue weighted by Gasteiger charge is 2.35. The average molecular weight is 545 g/mol. The van der Waals surface area contributed by atoms with Gasteiger partial charge < -0.3 is 20.1 Å². The van der Waals surface area contributed by atoms with E-state index >= 15 is 0 Å². The van der Waals surface area contributed by atoms with Crippen LogP contribution < -0.4 is 10.6 Å². The number of hydrogen-bond acceptors (Lipinski definition) is 4. The molecule has 6 heteroatoms. The number of urea groups is 1. The number of aryl methyl sites for hydroxylation is 4. The summed E-state index contributed by atoms with van der Waals surface area (Å²) < 4.78 is 11.7. The summed E-state index contributed by atoms with van der Waals surface area (Å²) in [6, 6.07) is 12.3. The zero-order valence-electron chi connectivity index (χ0n) is 25.9. The number of methoxy groups -OCH3 is 1. The summed E-state index contributed by atoms with van der Waals surface area (Å²) in [6.07, 6.45) is -1.01. The van der Waals surface area contributed by atoms with E-state index in [0.717, 1.165) is 44.5 Å².